The molecule has 1 aromatic heterocycles. The molecule has 1 aliphatic rings. The number of nitrogens with one attached hydrogen (secondary N) is 1. The number of non-ortho nitro benzene ring substituents is 1. The molecule has 25 heavy (non-hydrogen) atoms. The summed E-state index contributed by atoms with van der Waals surface area (Å²) < 4.78 is 0. The summed E-state index contributed by atoms with van der Waals surface area (Å²) in [7, 11) is 0. The van der Waals surface area contributed by atoms with Crippen molar-refractivity contribution in [3.05, 3.63) is 45.5 Å². The number of anilines is 2. The zero-order valence-electron chi connectivity index (χ0n) is 13.8. The summed E-state index contributed by atoms with van der Waals surface area (Å²) in [5.74, 6) is -0.0573. The number of rotatable bonds is 5. The van der Waals surface area contributed by atoms with E-state index in [2.05, 4.69) is 20.1 Å². The number of aryl methyl sites for hydroxylation is 1. The van der Waals surface area contributed by atoms with Gasteiger partial charge in [-0.3, -0.25) is 19.8 Å². The molecular weight excluding hydrogens is 342 g/mol. The summed E-state index contributed by atoms with van der Waals surface area (Å²) >= 11 is 1.42. The molecule has 1 N–H and O–H groups in total. The van der Waals surface area contributed by atoms with E-state index in [-0.39, 0.29) is 11.6 Å². The number of carbonyl (C=O) groups excluding carboxylic acids is 1. The van der Waals surface area contributed by atoms with Crippen molar-refractivity contribution < 1.29 is 9.72 Å². The number of carbonyl (C=O) groups is 1. The quantitative estimate of drug-likeness (QED) is 0.648. The fraction of sp³-hybridized carbons (Fsp3) is 0.375. The second-order valence-corrected chi connectivity index (χ2v) is 6.74. The van der Waals surface area contributed by atoms with Crippen LogP contribution in [0.15, 0.2) is 29.6 Å². The van der Waals surface area contributed by atoms with Crippen LogP contribution in [0.4, 0.5) is 16.5 Å². The molecule has 0 spiro atoms. The highest BCUT2D eigenvalue weighted by molar-refractivity contribution is 7.13. The van der Waals surface area contributed by atoms with Crippen LogP contribution in [0, 0.1) is 17.0 Å². The van der Waals surface area contributed by atoms with Crippen LogP contribution in [-0.2, 0) is 4.79 Å². The third kappa shape index (κ3) is 4.52. The molecule has 0 atom stereocenters. The van der Waals surface area contributed by atoms with Crippen LogP contribution in [0.1, 0.15) is 5.69 Å². The average molecular weight is 361 g/mol. The lowest BCUT2D eigenvalue weighted by Gasteiger charge is -2.35. The zero-order chi connectivity index (χ0) is 17.8. The van der Waals surface area contributed by atoms with E-state index in [0.29, 0.717) is 11.7 Å². The standard InChI is InChI=1S/C16H19N5O3S/c1-12-11-25-16(17-12)18-15(22)10-19-6-8-20(9-7-19)13-2-4-14(5-3-13)21(23)24/h2-5,11H,6-10H2,1H3,(H,17,18,22). The summed E-state index contributed by atoms with van der Waals surface area (Å²) in [6, 6.07) is 6.58. The third-order valence-corrected chi connectivity index (χ3v) is 4.91. The maximum Gasteiger partial charge on any atom is 0.269 e. The predicted octanol–water partition coefficient (Wildman–Crippen LogP) is 2.12. The van der Waals surface area contributed by atoms with Gasteiger partial charge in [0.1, 0.15) is 0 Å². The average Bonchev–Trinajstić information content (AvgIpc) is 3.00. The van der Waals surface area contributed by atoms with Crippen LogP contribution in [0.3, 0.4) is 0 Å². The SMILES string of the molecule is Cc1csc(NC(=O)CN2CCN(c3ccc([N+](=O)[O-])cc3)CC2)n1. The number of piperazine rings is 1. The highest BCUT2D eigenvalue weighted by atomic mass is 32.1. The summed E-state index contributed by atoms with van der Waals surface area (Å²) in [5, 5.41) is 16.1. The number of hydrogen-bond donors (Lipinski definition) is 1. The van der Waals surface area contributed by atoms with Gasteiger partial charge in [-0.2, -0.15) is 0 Å². The van der Waals surface area contributed by atoms with Gasteiger partial charge in [0.15, 0.2) is 5.13 Å². The molecule has 132 valence electrons. The number of aromatic nitrogens is 1. The summed E-state index contributed by atoms with van der Waals surface area (Å²) in [5.41, 5.74) is 1.96. The Bertz CT molecular complexity index is 753. The number of benzene rings is 1. The van der Waals surface area contributed by atoms with Gasteiger partial charge in [0.05, 0.1) is 17.2 Å². The number of hydrogen-bond acceptors (Lipinski definition) is 7. The Morgan fingerprint density at radius 1 is 1.28 bits per heavy atom. The molecule has 2 aromatic rings. The fourth-order valence-corrected chi connectivity index (χ4v) is 3.43. The molecule has 0 saturated carbocycles. The van der Waals surface area contributed by atoms with E-state index < -0.39 is 4.92 Å². The van der Waals surface area contributed by atoms with Crippen LogP contribution in [0.2, 0.25) is 0 Å². The fourth-order valence-electron chi connectivity index (χ4n) is 2.72. The Hall–Kier alpha value is -2.52. The van der Waals surface area contributed by atoms with E-state index >= 15 is 0 Å². The minimum absolute atomic E-state index is 0.0573. The topological polar surface area (TPSA) is 91.6 Å². The Labute approximate surface area is 149 Å². The van der Waals surface area contributed by atoms with Gasteiger partial charge in [-0.25, -0.2) is 4.98 Å². The molecular formula is C16H19N5O3S. The van der Waals surface area contributed by atoms with Gasteiger partial charge in [0.25, 0.3) is 5.69 Å². The van der Waals surface area contributed by atoms with Crippen molar-refractivity contribution in [1.29, 1.82) is 0 Å². The van der Waals surface area contributed by atoms with E-state index in [0.717, 1.165) is 37.6 Å². The Morgan fingerprint density at radius 3 is 2.52 bits per heavy atom. The molecule has 1 fully saturated rings. The van der Waals surface area contributed by atoms with Crippen molar-refractivity contribution >= 4 is 33.8 Å². The number of amides is 1. The Balaban J connectivity index is 1.48. The first kappa shape index (κ1) is 17.3. The van der Waals surface area contributed by atoms with Crippen LogP contribution in [0.5, 0.6) is 0 Å². The number of nitrogens with zero attached hydrogens (tertiary/aromatic N) is 4. The van der Waals surface area contributed by atoms with Crippen molar-refractivity contribution in [3.63, 3.8) is 0 Å². The summed E-state index contributed by atoms with van der Waals surface area (Å²) in [6.07, 6.45) is 0. The zero-order valence-corrected chi connectivity index (χ0v) is 14.7. The summed E-state index contributed by atoms with van der Waals surface area (Å²) in [6.45, 7) is 5.32. The van der Waals surface area contributed by atoms with Crippen molar-refractivity contribution in [2.24, 2.45) is 0 Å². The van der Waals surface area contributed by atoms with Gasteiger partial charge in [-0.1, -0.05) is 0 Å². The lowest BCUT2D eigenvalue weighted by Crippen LogP contribution is -2.48. The lowest BCUT2D eigenvalue weighted by atomic mass is 10.2. The van der Waals surface area contributed by atoms with Crippen molar-refractivity contribution in [1.82, 2.24) is 9.88 Å². The van der Waals surface area contributed by atoms with Gasteiger partial charge >= 0.3 is 0 Å². The van der Waals surface area contributed by atoms with Crippen LogP contribution in [-0.4, -0.2) is 53.4 Å². The van der Waals surface area contributed by atoms with Gasteiger partial charge in [-0.05, 0) is 19.1 Å². The van der Waals surface area contributed by atoms with Crippen molar-refractivity contribution in [2.75, 3.05) is 42.9 Å². The minimum Gasteiger partial charge on any atom is -0.369 e. The number of thiazole rings is 1. The molecule has 0 unspecified atom stereocenters. The molecule has 9 heteroatoms. The molecule has 0 bridgehead atoms. The van der Waals surface area contributed by atoms with Crippen molar-refractivity contribution in [3.8, 4) is 0 Å². The van der Waals surface area contributed by atoms with E-state index in [9.17, 15) is 14.9 Å². The molecule has 2 heterocycles. The maximum atomic E-state index is 12.1. The van der Waals surface area contributed by atoms with E-state index in [1.807, 2.05) is 12.3 Å². The van der Waals surface area contributed by atoms with Gasteiger partial charge < -0.3 is 10.2 Å². The van der Waals surface area contributed by atoms with Gasteiger partial charge in [0, 0.05) is 49.4 Å². The molecule has 1 amide bonds. The Morgan fingerprint density at radius 2 is 1.96 bits per heavy atom. The highest BCUT2D eigenvalue weighted by Crippen LogP contribution is 2.20. The van der Waals surface area contributed by atoms with Crippen LogP contribution < -0.4 is 10.2 Å². The van der Waals surface area contributed by atoms with Crippen LogP contribution >= 0.6 is 11.3 Å². The molecule has 1 aliphatic heterocycles. The number of nitro benzene ring substituents is 1. The molecule has 1 aromatic carbocycles. The lowest BCUT2D eigenvalue weighted by molar-refractivity contribution is -0.384. The monoisotopic (exact) mass is 361 g/mol. The first-order valence-electron chi connectivity index (χ1n) is 7.95. The normalized spacial score (nSPS) is 15.2. The van der Waals surface area contributed by atoms with Crippen LogP contribution in [0.25, 0.3) is 0 Å². The van der Waals surface area contributed by atoms with Gasteiger partial charge in [-0.15, -0.1) is 11.3 Å². The summed E-state index contributed by atoms with van der Waals surface area (Å²) in [4.78, 5) is 30.9. The second-order valence-electron chi connectivity index (χ2n) is 5.88. The van der Waals surface area contributed by atoms with E-state index in [1.54, 1.807) is 12.1 Å². The number of nitro groups is 1. The smallest absolute Gasteiger partial charge is 0.269 e. The highest BCUT2D eigenvalue weighted by Gasteiger charge is 2.20. The molecule has 0 aliphatic carbocycles. The van der Waals surface area contributed by atoms with Gasteiger partial charge in [0.2, 0.25) is 5.91 Å². The third-order valence-electron chi connectivity index (χ3n) is 4.03. The molecule has 0 radical (unpaired) electrons. The molecule has 3 rings (SSSR count). The van der Waals surface area contributed by atoms with Crippen molar-refractivity contribution in [2.45, 2.75) is 6.92 Å². The largest absolute Gasteiger partial charge is 0.369 e. The first-order valence-corrected chi connectivity index (χ1v) is 8.83. The Kier molecular flexibility index (Phi) is 5.25. The second kappa shape index (κ2) is 7.58. The van der Waals surface area contributed by atoms with E-state index in [1.165, 1.54) is 23.5 Å². The van der Waals surface area contributed by atoms with E-state index in [4.69, 9.17) is 0 Å². The predicted molar refractivity (Wildman–Crippen MR) is 97.2 cm³/mol. The first-order chi connectivity index (χ1) is 12.0. The molecule has 1 saturated heterocycles. The molecule has 8 nitrogen and oxygen atoms in total. The minimum atomic E-state index is -0.399. The maximum absolute atomic E-state index is 12.1.